The van der Waals surface area contributed by atoms with Crippen molar-refractivity contribution in [3.63, 3.8) is 0 Å². The molecule has 1 heterocycles. The van der Waals surface area contributed by atoms with E-state index in [1.807, 2.05) is 30.5 Å². The molecule has 6 heteroatoms. The van der Waals surface area contributed by atoms with E-state index in [1.165, 1.54) is 0 Å². The number of benzene rings is 1. The molecule has 0 spiro atoms. The zero-order valence-corrected chi connectivity index (χ0v) is 13.3. The number of nitrogens with one attached hydrogen (secondary N) is 2. The summed E-state index contributed by atoms with van der Waals surface area (Å²) in [5.41, 5.74) is -0.118. The third-order valence-corrected chi connectivity index (χ3v) is 4.06. The highest BCUT2D eigenvalue weighted by Gasteiger charge is 2.63. The molecule has 0 radical (unpaired) electrons. The van der Waals surface area contributed by atoms with Crippen molar-refractivity contribution in [2.75, 3.05) is 0 Å². The molecule has 0 unspecified atom stereocenters. The van der Waals surface area contributed by atoms with Crippen LogP contribution < -0.4 is 5.32 Å². The molecule has 1 aliphatic carbocycles. The Labute approximate surface area is 133 Å². The average molecular weight is 316 g/mol. The van der Waals surface area contributed by atoms with Crippen molar-refractivity contribution in [1.82, 2.24) is 10.3 Å². The average Bonchev–Trinajstić information content (AvgIpc) is 2.99. The molecule has 1 amide bonds. The summed E-state index contributed by atoms with van der Waals surface area (Å²) in [6, 6.07) is 7.70. The molecule has 1 fully saturated rings. The summed E-state index contributed by atoms with van der Waals surface area (Å²) in [7, 11) is 0. The van der Waals surface area contributed by atoms with Crippen LogP contribution in [0.3, 0.4) is 0 Å². The summed E-state index contributed by atoms with van der Waals surface area (Å²) in [4.78, 5) is 26.9. The number of aromatic nitrogens is 1. The number of rotatable bonds is 3. The van der Waals surface area contributed by atoms with Crippen molar-refractivity contribution in [3.8, 4) is 0 Å². The lowest BCUT2D eigenvalue weighted by atomic mass is 10.1. The Morgan fingerprint density at radius 2 is 2.04 bits per heavy atom. The number of carbonyl (C=O) groups is 2. The van der Waals surface area contributed by atoms with Crippen molar-refractivity contribution in [2.45, 2.75) is 44.2 Å². The first kappa shape index (κ1) is 15.4. The molecule has 3 rings (SSSR count). The third-order valence-electron chi connectivity index (χ3n) is 4.06. The fourth-order valence-electron chi connectivity index (χ4n) is 2.93. The van der Waals surface area contributed by atoms with Crippen LogP contribution in [0.5, 0.6) is 0 Å². The standard InChI is InChI=1S/C17H20N2O4/c1-16(2,3)23-15(22)19-17(14(20)21)8-12(17)11-9-18-13-7-5-4-6-10(11)13/h4-7,9,12,18H,8H2,1-3H3,(H,19,22)(H,20,21)/t12-,17-/m1/s1. The molecule has 6 nitrogen and oxygen atoms in total. The summed E-state index contributed by atoms with van der Waals surface area (Å²) < 4.78 is 5.20. The number of amides is 1. The van der Waals surface area contributed by atoms with Gasteiger partial charge in [0.15, 0.2) is 0 Å². The zero-order chi connectivity index (χ0) is 16.8. The number of aromatic amines is 1. The van der Waals surface area contributed by atoms with E-state index < -0.39 is 23.2 Å². The van der Waals surface area contributed by atoms with Gasteiger partial charge in [0.25, 0.3) is 0 Å². The number of para-hydroxylation sites is 1. The quantitative estimate of drug-likeness (QED) is 0.811. The van der Waals surface area contributed by atoms with Crippen LogP contribution in [0.2, 0.25) is 0 Å². The number of ether oxygens (including phenoxy) is 1. The molecule has 0 saturated heterocycles. The Morgan fingerprint density at radius 1 is 1.35 bits per heavy atom. The van der Waals surface area contributed by atoms with Crippen LogP contribution in [-0.4, -0.2) is 33.3 Å². The number of carboxylic acids is 1. The van der Waals surface area contributed by atoms with Crippen LogP contribution in [0, 0.1) is 0 Å². The molecule has 1 saturated carbocycles. The molecule has 23 heavy (non-hydrogen) atoms. The van der Waals surface area contributed by atoms with E-state index in [-0.39, 0.29) is 5.92 Å². The Kier molecular flexibility index (Phi) is 3.35. The van der Waals surface area contributed by atoms with Gasteiger partial charge in [-0.15, -0.1) is 0 Å². The van der Waals surface area contributed by atoms with Crippen LogP contribution in [0.15, 0.2) is 30.5 Å². The molecule has 122 valence electrons. The van der Waals surface area contributed by atoms with E-state index in [0.717, 1.165) is 16.5 Å². The smallest absolute Gasteiger partial charge is 0.408 e. The summed E-state index contributed by atoms with van der Waals surface area (Å²) in [6.45, 7) is 5.22. The molecule has 0 aliphatic heterocycles. The number of fused-ring (bicyclic) bond motifs is 1. The van der Waals surface area contributed by atoms with Crippen LogP contribution in [0.25, 0.3) is 10.9 Å². The van der Waals surface area contributed by atoms with Crippen LogP contribution in [-0.2, 0) is 9.53 Å². The number of alkyl carbamates (subject to hydrolysis) is 1. The summed E-state index contributed by atoms with van der Waals surface area (Å²) in [5.74, 6) is -1.32. The number of H-pyrrole nitrogens is 1. The number of carboxylic acid groups (broad SMARTS) is 1. The summed E-state index contributed by atoms with van der Waals surface area (Å²) in [5, 5.41) is 13.1. The van der Waals surface area contributed by atoms with Crippen LogP contribution >= 0.6 is 0 Å². The molecular weight excluding hydrogens is 296 g/mol. The number of aliphatic carboxylic acids is 1. The van der Waals surface area contributed by atoms with Gasteiger partial charge in [-0.25, -0.2) is 9.59 Å². The molecule has 1 aromatic carbocycles. The second-order valence-corrected chi connectivity index (χ2v) is 6.95. The molecule has 0 bridgehead atoms. The number of hydrogen-bond acceptors (Lipinski definition) is 3. The molecular formula is C17H20N2O4. The zero-order valence-electron chi connectivity index (χ0n) is 13.3. The number of carbonyl (C=O) groups excluding carboxylic acids is 1. The van der Waals surface area contributed by atoms with Crippen molar-refractivity contribution in [1.29, 1.82) is 0 Å². The second-order valence-electron chi connectivity index (χ2n) is 6.95. The highest BCUT2D eigenvalue weighted by atomic mass is 16.6. The van der Waals surface area contributed by atoms with Gasteiger partial charge in [-0.2, -0.15) is 0 Å². The van der Waals surface area contributed by atoms with Gasteiger partial charge in [-0.3, -0.25) is 0 Å². The van der Waals surface area contributed by atoms with E-state index in [9.17, 15) is 14.7 Å². The first-order valence-electron chi connectivity index (χ1n) is 7.53. The van der Waals surface area contributed by atoms with Crippen LogP contribution in [0.4, 0.5) is 4.79 Å². The topological polar surface area (TPSA) is 91.4 Å². The lowest BCUT2D eigenvalue weighted by Crippen LogP contribution is -2.46. The largest absolute Gasteiger partial charge is 0.479 e. The van der Waals surface area contributed by atoms with Gasteiger partial charge >= 0.3 is 12.1 Å². The van der Waals surface area contributed by atoms with Gasteiger partial charge in [0, 0.05) is 23.0 Å². The van der Waals surface area contributed by atoms with E-state index in [1.54, 1.807) is 20.8 Å². The van der Waals surface area contributed by atoms with Crippen molar-refractivity contribution >= 4 is 23.0 Å². The first-order chi connectivity index (χ1) is 10.7. The van der Waals surface area contributed by atoms with Crippen molar-refractivity contribution in [3.05, 3.63) is 36.0 Å². The lowest BCUT2D eigenvalue weighted by molar-refractivity contribution is -0.140. The van der Waals surface area contributed by atoms with Crippen molar-refractivity contribution < 1.29 is 19.4 Å². The van der Waals surface area contributed by atoms with Gasteiger partial charge in [-0.05, 0) is 38.8 Å². The minimum Gasteiger partial charge on any atom is -0.479 e. The fourth-order valence-corrected chi connectivity index (χ4v) is 2.93. The third kappa shape index (κ3) is 2.76. The fraction of sp³-hybridized carbons (Fsp3) is 0.412. The number of hydrogen-bond donors (Lipinski definition) is 3. The minimum absolute atomic E-state index is 0.274. The molecule has 1 aromatic heterocycles. The van der Waals surface area contributed by atoms with Gasteiger partial charge in [-0.1, -0.05) is 18.2 Å². The molecule has 3 N–H and O–H groups in total. The van der Waals surface area contributed by atoms with Gasteiger partial charge in [0.2, 0.25) is 0 Å². The maximum Gasteiger partial charge on any atom is 0.408 e. The Bertz CT molecular complexity index is 774. The molecule has 2 atom stereocenters. The predicted molar refractivity (Wildman–Crippen MR) is 85.4 cm³/mol. The highest BCUT2D eigenvalue weighted by molar-refractivity contribution is 5.93. The van der Waals surface area contributed by atoms with E-state index in [2.05, 4.69) is 10.3 Å². The van der Waals surface area contributed by atoms with E-state index in [0.29, 0.717) is 6.42 Å². The van der Waals surface area contributed by atoms with Crippen molar-refractivity contribution in [2.24, 2.45) is 0 Å². The lowest BCUT2D eigenvalue weighted by Gasteiger charge is -2.22. The monoisotopic (exact) mass is 316 g/mol. The van der Waals surface area contributed by atoms with Gasteiger partial charge < -0.3 is 20.1 Å². The molecule has 2 aromatic rings. The first-order valence-corrected chi connectivity index (χ1v) is 7.53. The summed E-state index contributed by atoms with van der Waals surface area (Å²) in [6.07, 6.45) is 1.46. The van der Waals surface area contributed by atoms with Gasteiger partial charge in [0.05, 0.1) is 0 Å². The SMILES string of the molecule is CC(C)(C)OC(=O)N[C@]1(C(=O)O)C[C@@H]1c1c[nH]c2ccccc12. The Morgan fingerprint density at radius 3 is 2.70 bits per heavy atom. The summed E-state index contributed by atoms with van der Waals surface area (Å²) >= 11 is 0. The molecule has 1 aliphatic rings. The predicted octanol–water partition coefficient (Wildman–Crippen LogP) is 3.00. The van der Waals surface area contributed by atoms with E-state index >= 15 is 0 Å². The van der Waals surface area contributed by atoms with Crippen LogP contribution in [0.1, 0.15) is 38.7 Å². The normalized spacial score (nSPS) is 23.5. The maximum atomic E-state index is 12.0. The van der Waals surface area contributed by atoms with Gasteiger partial charge in [0.1, 0.15) is 11.1 Å². The Hall–Kier alpha value is -2.50. The minimum atomic E-state index is -1.30. The Balaban J connectivity index is 1.85. The maximum absolute atomic E-state index is 12.0. The second kappa shape index (κ2) is 5.01. The highest BCUT2D eigenvalue weighted by Crippen LogP contribution is 2.53. The van der Waals surface area contributed by atoms with E-state index in [4.69, 9.17) is 4.74 Å².